The Kier molecular flexibility index (Phi) is 5.41. The predicted molar refractivity (Wildman–Crippen MR) is 90.0 cm³/mol. The number of likely N-dealkylation sites (tertiary alicyclic amines) is 1. The normalized spacial score (nSPS) is 26.2. The SMILES string of the molecule is CCC1(NC(C)C2CCCN(C(=O)OC(C)(C)C)C2)CCC1. The van der Waals surface area contributed by atoms with Crippen molar-refractivity contribution in [2.75, 3.05) is 13.1 Å². The second kappa shape index (κ2) is 6.77. The van der Waals surface area contributed by atoms with E-state index in [9.17, 15) is 4.79 Å². The average Bonchev–Trinajstić information content (AvgIpc) is 2.41. The van der Waals surface area contributed by atoms with Gasteiger partial charge in [0, 0.05) is 24.7 Å². The van der Waals surface area contributed by atoms with Crippen molar-refractivity contribution in [1.82, 2.24) is 10.2 Å². The van der Waals surface area contributed by atoms with Crippen molar-refractivity contribution in [3.8, 4) is 0 Å². The van der Waals surface area contributed by atoms with Crippen LogP contribution in [0.5, 0.6) is 0 Å². The van der Waals surface area contributed by atoms with Gasteiger partial charge in [-0.1, -0.05) is 6.92 Å². The van der Waals surface area contributed by atoms with Crippen LogP contribution in [0.4, 0.5) is 4.79 Å². The number of hydrogen-bond donors (Lipinski definition) is 1. The molecule has 1 saturated carbocycles. The molecule has 0 spiro atoms. The molecule has 1 aliphatic carbocycles. The Labute approximate surface area is 136 Å². The van der Waals surface area contributed by atoms with Gasteiger partial charge in [0.2, 0.25) is 0 Å². The summed E-state index contributed by atoms with van der Waals surface area (Å²) in [7, 11) is 0. The molecule has 1 heterocycles. The summed E-state index contributed by atoms with van der Waals surface area (Å²) in [6, 6.07) is 0.463. The molecule has 0 radical (unpaired) electrons. The van der Waals surface area contributed by atoms with Crippen LogP contribution in [-0.2, 0) is 4.74 Å². The van der Waals surface area contributed by atoms with E-state index in [0.29, 0.717) is 17.5 Å². The maximum Gasteiger partial charge on any atom is 0.410 e. The van der Waals surface area contributed by atoms with Crippen molar-refractivity contribution in [3.05, 3.63) is 0 Å². The Morgan fingerprint density at radius 2 is 2.05 bits per heavy atom. The number of amides is 1. The van der Waals surface area contributed by atoms with Crippen LogP contribution in [0.1, 0.15) is 73.1 Å². The molecule has 0 aromatic rings. The molecule has 0 bridgehead atoms. The van der Waals surface area contributed by atoms with E-state index in [1.807, 2.05) is 25.7 Å². The quantitative estimate of drug-likeness (QED) is 0.855. The number of nitrogens with zero attached hydrogens (tertiary/aromatic N) is 1. The highest BCUT2D eigenvalue weighted by atomic mass is 16.6. The summed E-state index contributed by atoms with van der Waals surface area (Å²) in [5.41, 5.74) is -0.0420. The number of rotatable bonds is 4. The molecule has 1 aliphatic heterocycles. The molecule has 4 nitrogen and oxygen atoms in total. The highest BCUT2D eigenvalue weighted by molar-refractivity contribution is 5.68. The molecule has 0 aromatic heterocycles. The van der Waals surface area contributed by atoms with Crippen LogP contribution >= 0.6 is 0 Å². The average molecular weight is 310 g/mol. The fraction of sp³-hybridized carbons (Fsp3) is 0.944. The molecule has 2 fully saturated rings. The van der Waals surface area contributed by atoms with Gasteiger partial charge in [0.15, 0.2) is 0 Å². The van der Waals surface area contributed by atoms with E-state index in [1.54, 1.807) is 0 Å². The molecule has 1 amide bonds. The Morgan fingerprint density at radius 1 is 1.36 bits per heavy atom. The van der Waals surface area contributed by atoms with Crippen molar-refractivity contribution in [3.63, 3.8) is 0 Å². The third-order valence-corrected chi connectivity index (χ3v) is 5.34. The van der Waals surface area contributed by atoms with Gasteiger partial charge in [-0.05, 0) is 72.1 Å². The monoisotopic (exact) mass is 310 g/mol. The molecule has 0 aromatic carbocycles. The standard InChI is InChI=1S/C18H34N2O2/c1-6-18(10-8-11-18)19-14(2)15-9-7-12-20(13-15)16(21)22-17(3,4)5/h14-15,19H,6-13H2,1-5H3. The molecule has 1 N–H and O–H groups in total. The van der Waals surface area contributed by atoms with Crippen LogP contribution in [0, 0.1) is 5.92 Å². The Balaban J connectivity index is 1.88. The first-order valence-electron chi connectivity index (χ1n) is 9.00. The van der Waals surface area contributed by atoms with Crippen LogP contribution < -0.4 is 5.32 Å². The summed E-state index contributed by atoms with van der Waals surface area (Å²) in [4.78, 5) is 14.2. The van der Waals surface area contributed by atoms with Gasteiger partial charge < -0.3 is 15.0 Å². The number of carbonyl (C=O) groups is 1. The number of carbonyl (C=O) groups excluding carboxylic acids is 1. The Hall–Kier alpha value is -0.770. The van der Waals surface area contributed by atoms with Gasteiger partial charge in [0.1, 0.15) is 5.60 Å². The number of hydrogen-bond acceptors (Lipinski definition) is 3. The van der Waals surface area contributed by atoms with Crippen LogP contribution in [0.15, 0.2) is 0 Å². The summed E-state index contributed by atoms with van der Waals surface area (Å²) in [5, 5.41) is 3.88. The third-order valence-electron chi connectivity index (χ3n) is 5.34. The fourth-order valence-electron chi connectivity index (χ4n) is 3.71. The van der Waals surface area contributed by atoms with Crippen LogP contribution in [0.25, 0.3) is 0 Å². The van der Waals surface area contributed by atoms with E-state index < -0.39 is 5.60 Å². The Bertz CT molecular complexity index is 380. The first-order valence-corrected chi connectivity index (χ1v) is 9.00. The first-order chi connectivity index (χ1) is 10.2. The molecule has 2 aliphatic rings. The lowest BCUT2D eigenvalue weighted by atomic mass is 9.73. The largest absolute Gasteiger partial charge is 0.444 e. The lowest BCUT2D eigenvalue weighted by Gasteiger charge is -2.47. The number of nitrogens with one attached hydrogen (secondary N) is 1. The van der Waals surface area contributed by atoms with Crippen molar-refractivity contribution >= 4 is 6.09 Å². The van der Waals surface area contributed by atoms with Gasteiger partial charge in [-0.2, -0.15) is 0 Å². The lowest BCUT2D eigenvalue weighted by Crippen LogP contribution is -2.57. The van der Waals surface area contributed by atoms with Crippen molar-refractivity contribution < 1.29 is 9.53 Å². The van der Waals surface area contributed by atoms with Gasteiger partial charge >= 0.3 is 6.09 Å². The number of piperidine rings is 1. The fourth-order valence-corrected chi connectivity index (χ4v) is 3.71. The molecular weight excluding hydrogens is 276 g/mol. The van der Waals surface area contributed by atoms with E-state index >= 15 is 0 Å². The van der Waals surface area contributed by atoms with Crippen LogP contribution in [0.3, 0.4) is 0 Å². The molecular formula is C18H34N2O2. The van der Waals surface area contributed by atoms with Gasteiger partial charge in [-0.3, -0.25) is 0 Å². The zero-order valence-electron chi connectivity index (χ0n) is 15.1. The van der Waals surface area contributed by atoms with E-state index in [0.717, 1.165) is 19.5 Å². The van der Waals surface area contributed by atoms with Crippen molar-refractivity contribution in [1.29, 1.82) is 0 Å². The van der Waals surface area contributed by atoms with E-state index in [2.05, 4.69) is 19.2 Å². The van der Waals surface area contributed by atoms with Crippen LogP contribution in [-0.4, -0.2) is 41.3 Å². The topological polar surface area (TPSA) is 41.6 Å². The summed E-state index contributed by atoms with van der Waals surface area (Å²) < 4.78 is 5.53. The predicted octanol–water partition coefficient (Wildman–Crippen LogP) is 3.94. The molecule has 4 heteroatoms. The van der Waals surface area contributed by atoms with Crippen LogP contribution in [0.2, 0.25) is 0 Å². The molecule has 2 unspecified atom stereocenters. The summed E-state index contributed by atoms with van der Waals surface area (Å²) in [6.07, 6.45) is 7.29. The van der Waals surface area contributed by atoms with Gasteiger partial charge in [-0.15, -0.1) is 0 Å². The molecule has 22 heavy (non-hydrogen) atoms. The van der Waals surface area contributed by atoms with E-state index in [4.69, 9.17) is 4.74 Å². The van der Waals surface area contributed by atoms with Crippen molar-refractivity contribution in [2.24, 2.45) is 5.92 Å². The minimum atomic E-state index is -0.411. The van der Waals surface area contributed by atoms with Gasteiger partial charge in [0.05, 0.1) is 0 Å². The minimum Gasteiger partial charge on any atom is -0.444 e. The second-order valence-electron chi connectivity index (χ2n) is 8.25. The smallest absolute Gasteiger partial charge is 0.410 e. The van der Waals surface area contributed by atoms with Gasteiger partial charge in [-0.25, -0.2) is 4.79 Å². The van der Waals surface area contributed by atoms with Gasteiger partial charge in [0.25, 0.3) is 0 Å². The maximum atomic E-state index is 12.3. The molecule has 2 atom stereocenters. The lowest BCUT2D eigenvalue weighted by molar-refractivity contribution is 0.0130. The maximum absolute atomic E-state index is 12.3. The van der Waals surface area contributed by atoms with E-state index in [-0.39, 0.29) is 6.09 Å². The zero-order valence-corrected chi connectivity index (χ0v) is 15.1. The highest BCUT2D eigenvalue weighted by Gasteiger charge is 2.38. The molecule has 1 saturated heterocycles. The molecule has 128 valence electrons. The second-order valence-corrected chi connectivity index (χ2v) is 8.25. The van der Waals surface area contributed by atoms with Crippen molar-refractivity contribution in [2.45, 2.75) is 90.3 Å². The zero-order chi connectivity index (χ0) is 16.4. The van der Waals surface area contributed by atoms with E-state index in [1.165, 1.54) is 32.1 Å². The molecule has 2 rings (SSSR count). The minimum absolute atomic E-state index is 0.154. The summed E-state index contributed by atoms with van der Waals surface area (Å²) in [5.74, 6) is 0.533. The summed E-state index contributed by atoms with van der Waals surface area (Å²) >= 11 is 0. The highest BCUT2D eigenvalue weighted by Crippen LogP contribution is 2.36. The number of ether oxygens (including phenoxy) is 1. The first kappa shape index (κ1) is 17.6. The Morgan fingerprint density at radius 3 is 2.55 bits per heavy atom. The summed E-state index contributed by atoms with van der Waals surface area (Å²) in [6.45, 7) is 12.0. The third kappa shape index (κ3) is 4.37.